The number of rotatable bonds is 6. The quantitative estimate of drug-likeness (QED) is 0.630. The van der Waals surface area contributed by atoms with Crippen molar-refractivity contribution in [3.8, 4) is 17.0 Å². The van der Waals surface area contributed by atoms with E-state index in [0.29, 0.717) is 6.42 Å². The van der Waals surface area contributed by atoms with Crippen molar-refractivity contribution >= 4 is 17.4 Å². The Hall–Kier alpha value is -3.41. The summed E-state index contributed by atoms with van der Waals surface area (Å²) < 4.78 is 5.16. The number of carbonyl (C=O) groups is 1. The molecule has 1 N–H and O–H groups in total. The van der Waals surface area contributed by atoms with Crippen LogP contribution in [0.5, 0.6) is 5.75 Å². The number of hydrogen-bond donors (Lipinski definition) is 1. The first kappa shape index (κ1) is 20.8. The molecule has 0 unspecified atom stereocenters. The lowest BCUT2D eigenvalue weighted by molar-refractivity contribution is -0.115. The van der Waals surface area contributed by atoms with Gasteiger partial charge in [0.25, 0.3) is 0 Å². The highest BCUT2D eigenvalue weighted by Gasteiger charge is 2.12. The molecule has 6 heteroatoms. The minimum Gasteiger partial charge on any atom is -0.497 e. The van der Waals surface area contributed by atoms with E-state index in [9.17, 15) is 4.79 Å². The molecule has 6 nitrogen and oxygen atoms in total. The number of nitrogens with one attached hydrogen (secondary N) is 1. The second kappa shape index (κ2) is 10.1. The highest BCUT2D eigenvalue weighted by atomic mass is 16.5. The maximum absolute atomic E-state index is 12.5. The number of carbonyl (C=O) groups excluding carboxylic acids is 1. The first-order chi connectivity index (χ1) is 15.2. The van der Waals surface area contributed by atoms with Crippen LogP contribution in [0.4, 0.5) is 11.5 Å². The summed E-state index contributed by atoms with van der Waals surface area (Å²) in [5.41, 5.74) is 3.40. The van der Waals surface area contributed by atoms with Crippen molar-refractivity contribution in [3.05, 3.63) is 66.2 Å². The smallest absolute Gasteiger partial charge is 0.228 e. The summed E-state index contributed by atoms with van der Waals surface area (Å²) in [5.74, 6) is 1.65. The minimum absolute atomic E-state index is 0.0649. The molecule has 160 valence electrons. The van der Waals surface area contributed by atoms with Gasteiger partial charge in [-0.15, -0.1) is 10.2 Å². The Morgan fingerprint density at radius 1 is 0.968 bits per heavy atom. The first-order valence-electron chi connectivity index (χ1n) is 10.8. The van der Waals surface area contributed by atoms with Crippen LogP contribution in [-0.4, -0.2) is 36.3 Å². The Kier molecular flexibility index (Phi) is 6.77. The lowest BCUT2D eigenvalue weighted by atomic mass is 10.1. The number of aromatic nitrogens is 2. The van der Waals surface area contributed by atoms with E-state index in [4.69, 9.17) is 4.74 Å². The average molecular weight is 417 g/mol. The van der Waals surface area contributed by atoms with Crippen LogP contribution in [-0.2, 0) is 11.2 Å². The van der Waals surface area contributed by atoms with Crippen LogP contribution in [0.3, 0.4) is 0 Å². The maximum Gasteiger partial charge on any atom is 0.228 e. The molecule has 2 heterocycles. The Labute approximate surface area is 183 Å². The third-order valence-corrected chi connectivity index (χ3v) is 5.55. The molecule has 31 heavy (non-hydrogen) atoms. The molecule has 0 bridgehead atoms. The Bertz CT molecular complexity index is 995. The van der Waals surface area contributed by atoms with E-state index in [1.807, 2.05) is 60.7 Å². The normalized spacial score (nSPS) is 14.0. The number of benzene rings is 2. The Morgan fingerprint density at radius 2 is 1.74 bits per heavy atom. The van der Waals surface area contributed by atoms with Crippen LogP contribution in [0.15, 0.2) is 60.7 Å². The SMILES string of the molecule is COc1ccc(CC(=O)Nc2cccc(-c3ccc(N4CCCCCC4)nn3)c2)cc1. The molecule has 1 amide bonds. The average Bonchev–Trinajstić information content (AvgIpc) is 3.09. The van der Waals surface area contributed by atoms with Crippen LogP contribution < -0.4 is 15.0 Å². The van der Waals surface area contributed by atoms with Gasteiger partial charge >= 0.3 is 0 Å². The van der Waals surface area contributed by atoms with E-state index >= 15 is 0 Å². The zero-order valence-electron chi connectivity index (χ0n) is 17.9. The van der Waals surface area contributed by atoms with E-state index in [1.165, 1.54) is 25.7 Å². The van der Waals surface area contributed by atoms with Gasteiger partial charge in [-0.05, 0) is 54.8 Å². The number of anilines is 2. The molecule has 0 saturated carbocycles. The first-order valence-corrected chi connectivity index (χ1v) is 10.8. The zero-order valence-corrected chi connectivity index (χ0v) is 17.9. The van der Waals surface area contributed by atoms with Crippen molar-refractivity contribution in [1.29, 1.82) is 0 Å². The fraction of sp³-hybridized carbons (Fsp3) is 0.320. The van der Waals surface area contributed by atoms with Gasteiger partial charge < -0.3 is 15.0 Å². The fourth-order valence-corrected chi connectivity index (χ4v) is 3.84. The Balaban J connectivity index is 1.40. The maximum atomic E-state index is 12.5. The van der Waals surface area contributed by atoms with Gasteiger partial charge in [-0.2, -0.15) is 0 Å². The molecular formula is C25H28N4O2. The van der Waals surface area contributed by atoms with E-state index < -0.39 is 0 Å². The van der Waals surface area contributed by atoms with Gasteiger partial charge in [-0.25, -0.2) is 0 Å². The molecule has 1 fully saturated rings. The van der Waals surface area contributed by atoms with Crippen LogP contribution in [0.1, 0.15) is 31.2 Å². The molecule has 0 radical (unpaired) electrons. The molecule has 1 aliphatic rings. The molecule has 0 aliphatic carbocycles. The summed E-state index contributed by atoms with van der Waals surface area (Å²) in [6.07, 6.45) is 5.31. The van der Waals surface area contributed by atoms with Gasteiger partial charge in [-0.1, -0.05) is 37.1 Å². The second-order valence-corrected chi connectivity index (χ2v) is 7.83. The molecule has 1 saturated heterocycles. The second-order valence-electron chi connectivity index (χ2n) is 7.83. The van der Waals surface area contributed by atoms with E-state index in [2.05, 4.69) is 20.4 Å². The molecule has 1 aromatic heterocycles. The monoisotopic (exact) mass is 416 g/mol. The van der Waals surface area contributed by atoms with Crippen molar-refractivity contribution < 1.29 is 9.53 Å². The molecule has 3 aromatic rings. The molecule has 2 aromatic carbocycles. The molecule has 4 rings (SSSR count). The lowest BCUT2D eigenvalue weighted by Gasteiger charge is -2.20. The third-order valence-electron chi connectivity index (χ3n) is 5.55. The van der Waals surface area contributed by atoms with Gasteiger partial charge in [0.1, 0.15) is 5.75 Å². The number of amides is 1. The van der Waals surface area contributed by atoms with Crippen molar-refractivity contribution in [2.45, 2.75) is 32.1 Å². The standard InChI is InChI=1S/C25H28N4O2/c1-31-22-11-9-19(10-12-22)17-25(30)26-21-8-6-7-20(18-21)23-13-14-24(28-27-23)29-15-4-2-3-5-16-29/h6-14,18H,2-5,15-17H2,1H3,(H,26,30). The van der Waals surface area contributed by atoms with Gasteiger partial charge in [0.15, 0.2) is 5.82 Å². The lowest BCUT2D eigenvalue weighted by Crippen LogP contribution is -2.25. The van der Waals surface area contributed by atoms with Crippen molar-refractivity contribution in [3.63, 3.8) is 0 Å². The minimum atomic E-state index is -0.0649. The van der Waals surface area contributed by atoms with Crippen LogP contribution in [0.2, 0.25) is 0 Å². The topological polar surface area (TPSA) is 67.3 Å². The van der Waals surface area contributed by atoms with E-state index in [1.54, 1.807) is 7.11 Å². The summed E-state index contributed by atoms with van der Waals surface area (Å²) in [7, 11) is 1.63. The summed E-state index contributed by atoms with van der Waals surface area (Å²) in [6.45, 7) is 2.09. The number of ether oxygens (including phenoxy) is 1. The zero-order chi connectivity index (χ0) is 21.5. The van der Waals surface area contributed by atoms with Crippen LogP contribution in [0, 0.1) is 0 Å². The van der Waals surface area contributed by atoms with Crippen molar-refractivity contribution in [1.82, 2.24) is 10.2 Å². The molecule has 1 aliphatic heterocycles. The highest BCUT2D eigenvalue weighted by Crippen LogP contribution is 2.23. The number of hydrogen-bond acceptors (Lipinski definition) is 5. The Morgan fingerprint density at radius 3 is 2.42 bits per heavy atom. The van der Waals surface area contributed by atoms with Crippen LogP contribution >= 0.6 is 0 Å². The fourth-order valence-electron chi connectivity index (χ4n) is 3.84. The van der Waals surface area contributed by atoms with Gasteiger partial charge in [0, 0.05) is 24.3 Å². The van der Waals surface area contributed by atoms with Crippen LogP contribution in [0.25, 0.3) is 11.3 Å². The third kappa shape index (κ3) is 5.60. The van der Waals surface area contributed by atoms with Gasteiger partial charge in [-0.3, -0.25) is 4.79 Å². The molecular weight excluding hydrogens is 388 g/mol. The predicted molar refractivity (Wildman–Crippen MR) is 123 cm³/mol. The van der Waals surface area contributed by atoms with Crippen molar-refractivity contribution in [2.24, 2.45) is 0 Å². The summed E-state index contributed by atoms with van der Waals surface area (Å²) in [5, 5.41) is 11.9. The van der Waals surface area contributed by atoms with E-state index in [0.717, 1.165) is 47.2 Å². The molecule has 0 atom stereocenters. The van der Waals surface area contributed by atoms with Gasteiger partial charge in [0.05, 0.1) is 19.2 Å². The predicted octanol–water partition coefficient (Wildman–Crippen LogP) is 4.71. The highest BCUT2D eigenvalue weighted by molar-refractivity contribution is 5.92. The molecule has 0 spiro atoms. The summed E-state index contributed by atoms with van der Waals surface area (Å²) in [6, 6.07) is 19.3. The van der Waals surface area contributed by atoms with Gasteiger partial charge in [0.2, 0.25) is 5.91 Å². The number of methoxy groups -OCH3 is 1. The van der Waals surface area contributed by atoms with Crippen molar-refractivity contribution in [2.75, 3.05) is 30.4 Å². The summed E-state index contributed by atoms with van der Waals surface area (Å²) in [4.78, 5) is 14.8. The summed E-state index contributed by atoms with van der Waals surface area (Å²) >= 11 is 0. The van der Waals surface area contributed by atoms with E-state index in [-0.39, 0.29) is 5.91 Å². The largest absolute Gasteiger partial charge is 0.497 e. The number of nitrogens with zero attached hydrogens (tertiary/aromatic N) is 3.